The van der Waals surface area contributed by atoms with Gasteiger partial charge in [0.25, 0.3) is 0 Å². The Labute approximate surface area is 120 Å². The van der Waals surface area contributed by atoms with E-state index in [1.165, 1.54) is 0 Å². The average Bonchev–Trinajstić information content (AvgIpc) is 2.33. The van der Waals surface area contributed by atoms with Crippen LogP contribution in [0, 0.1) is 13.8 Å². The summed E-state index contributed by atoms with van der Waals surface area (Å²) in [5.41, 5.74) is 3.34. The summed E-state index contributed by atoms with van der Waals surface area (Å²) in [6, 6.07) is 10.9. The third-order valence-electron chi connectivity index (χ3n) is 2.84. The highest BCUT2D eigenvalue weighted by Gasteiger charge is 2.13. The fourth-order valence-corrected chi connectivity index (χ4v) is 2.46. The number of aryl methyl sites for hydroxylation is 2. The molecule has 0 spiro atoms. The fraction of sp³-hybridized carbons (Fsp3) is 0.133. The summed E-state index contributed by atoms with van der Waals surface area (Å²) in [6.45, 7) is 3.90. The van der Waals surface area contributed by atoms with E-state index in [2.05, 4.69) is 15.9 Å². The van der Waals surface area contributed by atoms with Gasteiger partial charge in [-0.05, 0) is 49.2 Å². The van der Waals surface area contributed by atoms with Crippen LogP contribution in [0.25, 0.3) is 0 Å². The molecule has 0 unspecified atom stereocenters. The molecule has 18 heavy (non-hydrogen) atoms. The van der Waals surface area contributed by atoms with Crippen LogP contribution in [0.3, 0.4) is 0 Å². The van der Waals surface area contributed by atoms with Crippen molar-refractivity contribution in [1.29, 1.82) is 0 Å². The van der Waals surface area contributed by atoms with Crippen molar-refractivity contribution in [2.24, 2.45) is 0 Å². The van der Waals surface area contributed by atoms with Crippen LogP contribution < -0.4 is 0 Å². The lowest BCUT2D eigenvalue weighted by Crippen LogP contribution is -2.04. The smallest absolute Gasteiger partial charge is 0.193 e. The maximum atomic E-state index is 12.4. The maximum absolute atomic E-state index is 12.4. The van der Waals surface area contributed by atoms with Crippen molar-refractivity contribution < 1.29 is 4.79 Å². The quantitative estimate of drug-likeness (QED) is 0.715. The van der Waals surface area contributed by atoms with Crippen LogP contribution >= 0.6 is 27.5 Å². The van der Waals surface area contributed by atoms with Gasteiger partial charge in [-0.3, -0.25) is 4.79 Å². The first-order chi connectivity index (χ1) is 8.49. The molecule has 1 nitrogen and oxygen atoms in total. The summed E-state index contributed by atoms with van der Waals surface area (Å²) in [7, 11) is 0. The van der Waals surface area contributed by atoms with Gasteiger partial charge in [-0.25, -0.2) is 0 Å². The van der Waals surface area contributed by atoms with Gasteiger partial charge in [0.1, 0.15) is 0 Å². The molecule has 0 fully saturated rings. The summed E-state index contributed by atoms with van der Waals surface area (Å²) in [4.78, 5) is 12.4. The van der Waals surface area contributed by atoms with Gasteiger partial charge in [-0.2, -0.15) is 0 Å². The summed E-state index contributed by atoms with van der Waals surface area (Å²) >= 11 is 9.38. The second kappa shape index (κ2) is 5.25. The molecule has 0 radical (unpaired) electrons. The minimum Gasteiger partial charge on any atom is -0.289 e. The van der Waals surface area contributed by atoms with Crippen LogP contribution in [-0.4, -0.2) is 5.78 Å². The van der Waals surface area contributed by atoms with Crippen molar-refractivity contribution >= 4 is 33.3 Å². The van der Waals surface area contributed by atoms with Crippen molar-refractivity contribution in [3.63, 3.8) is 0 Å². The van der Waals surface area contributed by atoms with E-state index in [1.807, 2.05) is 26.0 Å². The van der Waals surface area contributed by atoms with Gasteiger partial charge in [0.05, 0.1) is 0 Å². The Morgan fingerprint density at radius 1 is 1.11 bits per heavy atom. The van der Waals surface area contributed by atoms with Crippen molar-refractivity contribution in [1.82, 2.24) is 0 Å². The third kappa shape index (κ3) is 2.65. The number of carbonyl (C=O) groups is 1. The highest BCUT2D eigenvalue weighted by atomic mass is 79.9. The number of halogens is 2. The monoisotopic (exact) mass is 322 g/mol. The first-order valence-corrected chi connectivity index (χ1v) is 6.73. The molecule has 2 aromatic carbocycles. The Balaban J connectivity index is 2.49. The summed E-state index contributed by atoms with van der Waals surface area (Å²) in [6.07, 6.45) is 0. The Kier molecular flexibility index (Phi) is 3.88. The lowest BCUT2D eigenvalue weighted by Gasteiger charge is -2.08. The van der Waals surface area contributed by atoms with Crippen LogP contribution in [0.1, 0.15) is 27.0 Å². The van der Waals surface area contributed by atoms with Gasteiger partial charge >= 0.3 is 0 Å². The zero-order chi connectivity index (χ0) is 13.3. The van der Waals surface area contributed by atoms with Crippen LogP contribution in [0.15, 0.2) is 40.9 Å². The number of rotatable bonds is 2. The number of hydrogen-bond acceptors (Lipinski definition) is 1. The topological polar surface area (TPSA) is 17.1 Å². The number of carbonyl (C=O) groups excluding carboxylic acids is 1. The number of ketones is 1. The molecule has 0 heterocycles. The zero-order valence-electron chi connectivity index (χ0n) is 10.1. The largest absolute Gasteiger partial charge is 0.289 e. The van der Waals surface area contributed by atoms with Crippen LogP contribution in [0.2, 0.25) is 5.02 Å². The zero-order valence-corrected chi connectivity index (χ0v) is 12.5. The highest BCUT2D eigenvalue weighted by Crippen LogP contribution is 2.23. The average molecular weight is 324 g/mol. The van der Waals surface area contributed by atoms with E-state index >= 15 is 0 Å². The van der Waals surface area contributed by atoms with E-state index in [0.29, 0.717) is 10.6 Å². The van der Waals surface area contributed by atoms with E-state index in [0.717, 1.165) is 21.2 Å². The molecule has 2 aromatic rings. The Morgan fingerprint density at radius 2 is 1.83 bits per heavy atom. The molecule has 3 heteroatoms. The van der Waals surface area contributed by atoms with Crippen LogP contribution in [0.4, 0.5) is 0 Å². The van der Waals surface area contributed by atoms with Gasteiger partial charge in [0.2, 0.25) is 0 Å². The second-order valence-electron chi connectivity index (χ2n) is 4.26. The normalized spacial score (nSPS) is 10.4. The predicted octanol–water partition coefficient (Wildman–Crippen LogP) is 4.95. The molecular weight excluding hydrogens is 312 g/mol. The van der Waals surface area contributed by atoms with E-state index < -0.39 is 0 Å². The van der Waals surface area contributed by atoms with E-state index in [-0.39, 0.29) is 5.78 Å². The Bertz CT molecular complexity index is 620. The van der Waals surface area contributed by atoms with E-state index in [4.69, 9.17) is 11.6 Å². The molecule has 0 aliphatic rings. The lowest BCUT2D eigenvalue weighted by molar-refractivity contribution is 0.103. The van der Waals surface area contributed by atoms with E-state index in [9.17, 15) is 4.79 Å². The van der Waals surface area contributed by atoms with Crippen molar-refractivity contribution in [2.75, 3.05) is 0 Å². The van der Waals surface area contributed by atoms with Gasteiger partial charge in [0, 0.05) is 20.6 Å². The molecule has 0 aromatic heterocycles. The minimum atomic E-state index is 0.00519. The standard InChI is InChI=1S/C15H12BrClO/c1-9-7-14(16)10(2)6-13(9)15(18)11-4-3-5-12(17)8-11/h3-8H,1-2H3. The molecule has 0 bridgehead atoms. The third-order valence-corrected chi connectivity index (χ3v) is 3.93. The maximum Gasteiger partial charge on any atom is 0.193 e. The van der Waals surface area contributed by atoms with Crippen molar-refractivity contribution in [2.45, 2.75) is 13.8 Å². The first kappa shape index (κ1) is 13.3. The summed E-state index contributed by atoms with van der Waals surface area (Å²) in [5.74, 6) is 0.00519. The number of benzene rings is 2. The summed E-state index contributed by atoms with van der Waals surface area (Å²) < 4.78 is 1.02. The fourth-order valence-electron chi connectivity index (χ4n) is 1.81. The molecule has 0 aliphatic carbocycles. The molecule has 0 atom stereocenters. The van der Waals surface area contributed by atoms with Crippen molar-refractivity contribution in [3.8, 4) is 0 Å². The molecule has 0 amide bonds. The number of hydrogen-bond donors (Lipinski definition) is 0. The molecule has 0 saturated carbocycles. The SMILES string of the molecule is Cc1cc(C(=O)c2cccc(Cl)c2)c(C)cc1Br. The van der Waals surface area contributed by atoms with Gasteiger partial charge in [-0.1, -0.05) is 39.7 Å². The van der Waals surface area contributed by atoms with Gasteiger partial charge in [0.15, 0.2) is 5.78 Å². The Morgan fingerprint density at radius 3 is 2.50 bits per heavy atom. The summed E-state index contributed by atoms with van der Waals surface area (Å²) in [5, 5.41) is 0.576. The molecule has 92 valence electrons. The molecule has 0 aliphatic heterocycles. The molecule has 0 saturated heterocycles. The molecule has 2 rings (SSSR count). The lowest BCUT2D eigenvalue weighted by atomic mass is 9.97. The van der Waals surface area contributed by atoms with Gasteiger partial charge < -0.3 is 0 Å². The molecule has 0 N–H and O–H groups in total. The predicted molar refractivity (Wildman–Crippen MR) is 78.5 cm³/mol. The highest BCUT2D eigenvalue weighted by molar-refractivity contribution is 9.10. The minimum absolute atomic E-state index is 0.00519. The first-order valence-electron chi connectivity index (χ1n) is 5.56. The molecular formula is C15H12BrClO. The van der Waals surface area contributed by atoms with Gasteiger partial charge in [-0.15, -0.1) is 0 Å². The van der Waals surface area contributed by atoms with Crippen molar-refractivity contribution in [3.05, 3.63) is 68.1 Å². The second-order valence-corrected chi connectivity index (χ2v) is 5.55. The van der Waals surface area contributed by atoms with Crippen LogP contribution in [0.5, 0.6) is 0 Å². The van der Waals surface area contributed by atoms with E-state index in [1.54, 1.807) is 24.3 Å². The van der Waals surface area contributed by atoms with Crippen LogP contribution in [-0.2, 0) is 0 Å². The Hall–Kier alpha value is -1.12.